The molecule has 1 heterocycles. The molecule has 0 aliphatic rings. The van der Waals surface area contributed by atoms with Gasteiger partial charge in [0.25, 0.3) is 0 Å². The molecule has 5 nitrogen and oxygen atoms in total. The molecule has 0 fully saturated rings. The summed E-state index contributed by atoms with van der Waals surface area (Å²) in [6.45, 7) is 0. The zero-order valence-corrected chi connectivity index (χ0v) is 9.50. The van der Waals surface area contributed by atoms with Crippen molar-refractivity contribution in [3.8, 4) is 0 Å². The van der Waals surface area contributed by atoms with Crippen LogP contribution >= 0.6 is 0 Å². The number of pyridine rings is 1. The van der Waals surface area contributed by atoms with Crippen molar-refractivity contribution >= 4 is 22.7 Å². The Hall–Kier alpha value is -1.92. The Bertz CT molecular complexity index is 438. The second-order valence-electron chi connectivity index (χ2n) is 2.80. The van der Waals surface area contributed by atoms with Crippen molar-refractivity contribution in [1.82, 2.24) is 4.98 Å². The normalized spacial score (nSPS) is 8.47. The molecule has 0 bridgehead atoms. The molecule has 89 valence electrons. The predicted molar refractivity (Wildman–Crippen MR) is 51.8 cm³/mol. The van der Waals surface area contributed by atoms with Gasteiger partial charge in [-0.05, 0) is 16.8 Å². The summed E-state index contributed by atoms with van der Waals surface area (Å²) in [5.41, 5.74) is 0. The molecule has 0 aliphatic heterocycles. The number of aromatic nitrogens is 1. The van der Waals surface area contributed by atoms with Crippen molar-refractivity contribution in [3.05, 3.63) is 42.7 Å². The van der Waals surface area contributed by atoms with E-state index in [0.29, 0.717) is 0 Å². The van der Waals surface area contributed by atoms with E-state index in [0.717, 1.165) is 0 Å². The Labute approximate surface area is 107 Å². The fourth-order valence-corrected chi connectivity index (χ4v) is 1.03. The van der Waals surface area contributed by atoms with Crippen LogP contribution in [0.1, 0.15) is 0 Å². The Morgan fingerprint density at radius 2 is 1.47 bits per heavy atom. The quantitative estimate of drug-likeness (QED) is 0.559. The summed E-state index contributed by atoms with van der Waals surface area (Å²) in [6, 6.07) is 10.2. The smallest absolute Gasteiger partial charge is 0.543 e. The van der Waals surface area contributed by atoms with Crippen LogP contribution in [0.4, 0.5) is 0 Å². The first kappa shape index (κ1) is 15.1. The van der Waals surface area contributed by atoms with E-state index in [2.05, 4.69) is 17.1 Å². The SMILES string of the molecule is O=C([O-])C(=O)[O-].[Co+2].c1ccc2cnccc2c1. The maximum absolute atomic E-state index is 8.93. The van der Waals surface area contributed by atoms with Crippen molar-refractivity contribution in [2.75, 3.05) is 0 Å². The van der Waals surface area contributed by atoms with Gasteiger partial charge in [-0.15, -0.1) is 0 Å². The summed E-state index contributed by atoms with van der Waals surface area (Å²) in [5.74, 6) is -4.37. The van der Waals surface area contributed by atoms with E-state index in [1.54, 1.807) is 0 Å². The van der Waals surface area contributed by atoms with Gasteiger partial charge in [0, 0.05) is 12.4 Å². The monoisotopic (exact) mass is 276 g/mol. The van der Waals surface area contributed by atoms with Crippen molar-refractivity contribution in [3.63, 3.8) is 0 Å². The number of hydrogen-bond donors (Lipinski definition) is 0. The van der Waals surface area contributed by atoms with Gasteiger partial charge in [-0.1, -0.05) is 24.3 Å². The number of carbonyl (C=O) groups excluding carboxylic acids is 2. The third kappa shape index (κ3) is 5.09. The zero-order chi connectivity index (χ0) is 12.0. The first-order valence-electron chi connectivity index (χ1n) is 4.32. The van der Waals surface area contributed by atoms with Crippen LogP contribution in [0, 0.1) is 0 Å². The number of nitrogens with zero attached hydrogens (tertiary/aromatic N) is 1. The number of benzene rings is 1. The molecule has 1 aromatic heterocycles. The molecular weight excluding hydrogens is 269 g/mol. The van der Waals surface area contributed by atoms with Crippen molar-refractivity contribution in [2.24, 2.45) is 0 Å². The molecule has 0 spiro atoms. The van der Waals surface area contributed by atoms with Gasteiger partial charge in [-0.2, -0.15) is 0 Å². The van der Waals surface area contributed by atoms with Gasteiger partial charge >= 0.3 is 16.8 Å². The summed E-state index contributed by atoms with van der Waals surface area (Å²) in [4.78, 5) is 21.9. The van der Waals surface area contributed by atoms with Gasteiger partial charge in [-0.25, -0.2) is 0 Å². The van der Waals surface area contributed by atoms with E-state index in [1.165, 1.54) is 10.8 Å². The van der Waals surface area contributed by atoms with E-state index in [1.807, 2.05) is 30.6 Å². The van der Waals surface area contributed by atoms with Crippen molar-refractivity contribution in [2.45, 2.75) is 0 Å². The third-order valence-corrected chi connectivity index (χ3v) is 1.72. The second kappa shape index (κ2) is 7.37. The summed E-state index contributed by atoms with van der Waals surface area (Å²) < 4.78 is 0. The standard InChI is InChI=1S/C9H7N.C2H2O4.Co/c1-2-4-9-7-10-6-5-8(9)3-1;3-1(4)2(5)6;/h1-7H;(H,3,4)(H,5,6);/q;;+2/p-2. The molecule has 0 amide bonds. The number of carboxylic acids is 2. The predicted octanol–water partition coefficient (Wildman–Crippen LogP) is -1.28. The molecular formula is C11H7CoNO4. The molecule has 0 aliphatic carbocycles. The molecule has 0 saturated carbocycles. The third-order valence-electron chi connectivity index (χ3n) is 1.72. The van der Waals surface area contributed by atoms with Crippen LogP contribution in [0.2, 0.25) is 0 Å². The van der Waals surface area contributed by atoms with Gasteiger partial charge in [-0.3, -0.25) is 4.98 Å². The minimum atomic E-state index is -2.19. The Morgan fingerprint density at radius 1 is 0.941 bits per heavy atom. The maximum Gasteiger partial charge on any atom is 2.00 e. The largest absolute Gasteiger partial charge is 2.00 e. The van der Waals surface area contributed by atoms with Gasteiger partial charge in [0.15, 0.2) is 0 Å². The molecule has 0 unspecified atom stereocenters. The molecule has 2 rings (SSSR count). The average Bonchev–Trinajstić information content (AvgIpc) is 2.30. The number of carboxylic acid groups (broad SMARTS) is 2. The van der Waals surface area contributed by atoms with Gasteiger partial charge in [0.2, 0.25) is 0 Å². The van der Waals surface area contributed by atoms with E-state index in [-0.39, 0.29) is 16.8 Å². The first-order chi connectivity index (χ1) is 7.61. The van der Waals surface area contributed by atoms with Crippen LogP contribution in [0.15, 0.2) is 42.7 Å². The summed E-state index contributed by atoms with van der Waals surface area (Å²) >= 11 is 0. The topological polar surface area (TPSA) is 93.1 Å². The average molecular weight is 276 g/mol. The van der Waals surface area contributed by atoms with E-state index < -0.39 is 11.9 Å². The number of aliphatic carboxylic acids is 2. The van der Waals surface area contributed by atoms with Crippen LogP contribution in [-0.2, 0) is 26.4 Å². The minimum absolute atomic E-state index is 0. The molecule has 0 atom stereocenters. The van der Waals surface area contributed by atoms with E-state index in [9.17, 15) is 0 Å². The van der Waals surface area contributed by atoms with Crippen LogP contribution in [-0.4, -0.2) is 16.9 Å². The molecule has 1 radical (unpaired) electrons. The van der Waals surface area contributed by atoms with Gasteiger partial charge in [0.1, 0.15) is 0 Å². The molecule has 2 aromatic rings. The minimum Gasteiger partial charge on any atom is -0.543 e. The molecule has 6 heteroatoms. The number of hydrogen-bond acceptors (Lipinski definition) is 5. The fraction of sp³-hybridized carbons (Fsp3) is 0. The Balaban J connectivity index is 0.000000324. The van der Waals surface area contributed by atoms with Crippen LogP contribution < -0.4 is 10.2 Å². The number of fused-ring (bicyclic) bond motifs is 1. The van der Waals surface area contributed by atoms with Gasteiger partial charge < -0.3 is 19.8 Å². The van der Waals surface area contributed by atoms with E-state index >= 15 is 0 Å². The number of carbonyl (C=O) groups is 2. The van der Waals surface area contributed by atoms with Crippen molar-refractivity contribution in [1.29, 1.82) is 0 Å². The fourth-order valence-electron chi connectivity index (χ4n) is 1.03. The molecule has 0 saturated heterocycles. The molecule has 1 aromatic carbocycles. The van der Waals surface area contributed by atoms with Crippen molar-refractivity contribution < 1.29 is 36.6 Å². The second-order valence-corrected chi connectivity index (χ2v) is 2.80. The zero-order valence-electron chi connectivity index (χ0n) is 8.45. The van der Waals surface area contributed by atoms with Crippen LogP contribution in [0.5, 0.6) is 0 Å². The Kier molecular flexibility index (Phi) is 6.53. The van der Waals surface area contributed by atoms with Crippen LogP contribution in [0.25, 0.3) is 10.8 Å². The summed E-state index contributed by atoms with van der Waals surface area (Å²) in [5, 5.41) is 20.3. The summed E-state index contributed by atoms with van der Waals surface area (Å²) in [6.07, 6.45) is 3.68. The molecule has 17 heavy (non-hydrogen) atoms. The maximum atomic E-state index is 8.93. The van der Waals surface area contributed by atoms with E-state index in [4.69, 9.17) is 19.8 Å². The summed E-state index contributed by atoms with van der Waals surface area (Å²) in [7, 11) is 0. The Morgan fingerprint density at radius 3 is 1.94 bits per heavy atom. The number of rotatable bonds is 0. The first-order valence-corrected chi connectivity index (χ1v) is 4.32. The van der Waals surface area contributed by atoms with Gasteiger partial charge in [0.05, 0.1) is 11.9 Å². The molecule has 0 N–H and O–H groups in total. The van der Waals surface area contributed by atoms with Crippen LogP contribution in [0.3, 0.4) is 0 Å².